The van der Waals surface area contributed by atoms with Crippen LogP contribution in [-0.2, 0) is 17.9 Å². The Morgan fingerprint density at radius 2 is 2.17 bits per heavy atom. The van der Waals surface area contributed by atoms with E-state index in [4.69, 9.17) is 9.84 Å². The zero-order chi connectivity index (χ0) is 16.9. The van der Waals surface area contributed by atoms with E-state index in [1.54, 1.807) is 6.20 Å². The molecule has 2 N–H and O–H groups in total. The summed E-state index contributed by atoms with van der Waals surface area (Å²) < 4.78 is 7.64. The van der Waals surface area contributed by atoms with E-state index in [1.807, 2.05) is 31.2 Å². The number of aromatic nitrogens is 3. The minimum atomic E-state index is -1.00. The number of hydrogen-bond acceptors (Lipinski definition) is 4. The van der Waals surface area contributed by atoms with Gasteiger partial charge in [0.25, 0.3) is 0 Å². The molecule has 0 aliphatic rings. The molecule has 0 radical (unpaired) electrons. The van der Waals surface area contributed by atoms with Gasteiger partial charge in [-0.25, -0.2) is 9.78 Å². The van der Waals surface area contributed by atoms with Gasteiger partial charge in [0.2, 0.25) is 0 Å². The average molecular weight is 328 g/mol. The molecule has 126 valence electrons. The molecule has 0 atom stereocenters. The van der Waals surface area contributed by atoms with Crippen LogP contribution >= 0.6 is 0 Å². The third-order valence-corrected chi connectivity index (χ3v) is 3.83. The highest BCUT2D eigenvalue weighted by atomic mass is 16.5. The third kappa shape index (κ3) is 3.30. The third-order valence-electron chi connectivity index (χ3n) is 3.83. The lowest BCUT2D eigenvalue weighted by atomic mass is 10.2. The first-order valence-corrected chi connectivity index (χ1v) is 7.98. The molecule has 0 fully saturated rings. The summed E-state index contributed by atoms with van der Waals surface area (Å²) >= 11 is 0. The van der Waals surface area contributed by atoms with E-state index < -0.39 is 6.09 Å². The lowest BCUT2D eigenvalue weighted by molar-refractivity contribution is 0.126. The zero-order valence-electron chi connectivity index (χ0n) is 13.5. The van der Waals surface area contributed by atoms with Crippen molar-refractivity contribution in [1.82, 2.24) is 19.9 Å². The van der Waals surface area contributed by atoms with Gasteiger partial charge >= 0.3 is 6.09 Å². The highest BCUT2D eigenvalue weighted by Crippen LogP contribution is 2.25. The Labute approximate surface area is 139 Å². The number of pyridine rings is 1. The first-order valence-electron chi connectivity index (χ1n) is 7.98. The van der Waals surface area contributed by atoms with Crippen molar-refractivity contribution in [2.45, 2.75) is 26.5 Å². The second kappa shape index (κ2) is 7.27. The van der Waals surface area contributed by atoms with Crippen molar-refractivity contribution in [3.05, 3.63) is 36.3 Å². The molecule has 3 aromatic rings. The van der Waals surface area contributed by atoms with Crippen LogP contribution in [0.15, 0.2) is 30.5 Å². The van der Waals surface area contributed by atoms with E-state index in [1.165, 1.54) is 0 Å². The van der Waals surface area contributed by atoms with Gasteiger partial charge in [-0.3, -0.25) is 4.98 Å². The number of para-hydroxylation sites is 1. The van der Waals surface area contributed by atoms with Gasteiger partial charge in [-0.2, -0.15) is 0 Å². The molecule has 0 saturated heterocycles. The highest BCUT2D eigenvalue weighted by Gasteiger charge is 2.14. The molecule has 0 aliphatic heterocycles. The van der Waals surface area contributed by atoms with Crippen molar-refractivity contribution >= 4 is 28.0 Å². The number of fused-ring (bicyclic) bond motifs is 3. The summed E-state index contributed by atoms with van der Waals surface area (Å²) in [5, 5.41) is 12.1. The predicted molar refractivity (Wildman–Crippen MR) is 91.0 cm³/mol. The van der Waals surface area contributed by atoms with Crippen LogP contribution in [0, 0.1) is 0 Å². The van der Waals surface area contributed by atoms with Crippen LogP contribution in [0.4, 0.5) is 4.79 Å². The molecule has 24 heavy (non-hydrogen) atoms. The molecule has 0 spiro atoms. The van der Waals surface area contributed by atoms with E-state index in [2.05, 4.69) is 19.9 Å². The summed E-state index contributed by atoms with van der Waals surface area (Å²) in [5.74, 6) is 0.834. The molecule has 0 saturated carbocycles. The van der Waals surface area contributed by atoms with Crippen LogP contribution in [0.1, 0.15) is 19.2 Å². The van der Waals surface area contributed by atoms with Crippen LogP contribution in [0.5, 0.6) is 0 Å². The summed E-state index contributed by atoms with van der Waals surface area (Å²) in [6, 6.07) is 7.94. The summed E-state index contributed by atoms with van der Waals surface area (Å²) in [4.78, 5) is 19.7. The van der Waals surface area contributed by atoms with E-state index in [0.717, 1.165) is 27.8 Å². The standard InChI is InChI=1S/C17H20N4O3/c1-2-24-11-15-20-14-10-19-13-7-4-3-6-12(13)16(14)21(15)9-5-8-18-17(22)23/h3-4,6-7,10,18H,2,5,8-9,11H2,1H3,(H,22,23). The largest absolute Gasteiger partial charge is 0.465 e. The number of amides is 1. The molecule has 3 rings (SSSR count). The number of rotatable bonds is 7. The summed E-state index contributed by atoms with van der Waals surface area (Å²) in [5.41, 5.74) is 2.76. The number of nitrogens with zero attached hydrogens (tertiary/aromatic N) is 3. The zero-order valence-corrected chi connectivity index (χ0v) is 13.5. The fraction of sp³-hybridized carbons (Fsp3) is 0.353. The van der Waals surface area contributed by atoms with Crippen molar-refractivity contribution in [3.8, 4) is 0 Å². The number of hydrogen-bond donors (Lipinski definition) is 2. The van der Waals surface area contributed by atoms with Crippen LogP contribution in [0.25, 0.3) is 21.9 Å². The van der Waals surface area contributed by atoms with Gasteiger partial charge in [0.1, 0.15) is 17.9 Å². The van der Waals surface area contributed by atoms with E-state index >= 15 is 0 Å². The maximum Gasteiger partial charge on any atom is 0.404 e. The van der Waals surface area contributed by atoms with Gasteiger partial charge < -0.3 is 19.7 Å². The first-order chi connectivity index (χ1) is 11.7. The minimum absolute atomic E-state index is 0.395. The fourth-order valence-corrected chi connectivity index (χ4v) is 2.79. The molecule has 1 aromatic carbocycles. The van der Waals surface area contributed by atoms with Crippen LogP contribution in [0.2, 0.25) is 0 Å². The summed E-state index contributed by atoms with van der Waals surface area (Å²) in [7, 11) is 0. The summed E-state index contributed by atoms with van der Waals surface area (Å²) in [6.45, 7) is 4.04. The maximum atomic E-state index is 10.6. The van der Waals surface area contributed by atoms with Gasteiger partial charge in [-0.15, -0.1) is 0 Å². The molecule has 7 nitrogen and oxygen atoms in total. The number of nitrogens with one attached hydrogen (secondary N) is 1. The first kappa shape index (κ1) is 16.2. The van der Waals surface area contributed by atoms with Crippen LogP contribution < -0.4 is 5.32 Å². The number of carbonyl (C=O) groups is 1. The SMILES string of the molecule is CCOCc1nc2cnc3ccccc3c2n1CCCNC(=O)O. The minimum Gasteiger partial charge on any atom is -0.465 e. The molecule has 7 heteroatoms. The maximum absolute atomic E-state index is 10.6. The summed E-state index contributed by atoms with van der Waals surface area (Å²) in [6.07, 6.45) is 1.45. The predicted octanol–water partition coefficient (Wildman–Crippen LogP) is 2.78. The topological polar surface area (TPSA) is 89.3 Å². The highest BCUT2D eigenvalue weighted by molar-refractivity contribution is 6.02. The Morgan fingerprint density at radius 1 is 1.33 bits per heavy atom. The van der Waals surface area contributed by atoms with E-state index in [0.29, 0.717) is 32.7 Å². The van der Waals surface area contributed by atoms with Crippen molar-refractivity contribution in [3.63, 3.8) is 0 Å². The monoisotopic (exact) mass is 328 g/mol. The average Bonchev–Trinajstić information content (AvgIpc) is 2.94. The molecule has 2 heterocycles. The fourth-order valence-electron chi connectivity index (χ4n) is 2.79. The Hall–Kier alpha value is -2.67. The molecule has 0 unspecified atom stereocenters. The molecular weight excluding hydrogens is 308 g/mol. The van der Waals surface area contributed by atoms with Gasteiger partial charge in [-0.1, -0.05) is 18.2 Å². The quantitative estimate of drug-likeness (QED) is 0.651. The molecule has 0 aliphatic carbocycles. The molecule has 0 bridgehead atoms. The Kier molecular flexibility index (Phi) is 4.90. The second-order valence-corrected chi connectivity index (χ2v) is 5.41. The Balaban J connectivity index is 2.00. The van der Waals surface area contributed by atoms with Crippen LogP contribution in [0.3, 0.4) is 0 Å². The normalized spacial score (nSPS) is 11.2. The molecular formula is C17H20N4O3. The van der Waals surface area contributed by atoms with Gasteiger partial charge in [0, 0.05) is 25.1 Å². The lowest BCUT2D eigenvalue weighted by Crippen LogP contribution is -2.23. The Morgan fingerprint density at radius 3 is 2.96 bits per heavy atom. The van der Waals surface area contributed by atoms with Crippen molar-refractivity contribution in [1.29, 1.82) is 0 Å². The van der Waals surface area contributed by atoms with Crippen molar-refractivity contribution in [2.75, 3.05) is 13.2 Å². The smallest absolute Gasteiger partial charge is 0.404 e. The van der Waals surface area contributed by atoms with E-state index in [9.17, 15) is 4.79 Å². The number of benzene rings is 1. The molecule has 2 aromatic heterocycles. The second-order valence-electron chi connectivity index (χ2n) is 5.41. The lowest BCUT2D eigenvalue weighted by Gasteiger charge is -2.10. The number of ether oxygens (including phenoxy) is 1. The van der Waals surface area contributed by atoms with E-state index in [-0.39, 0.29) is 0 Å². The number of carboxylic acid groups (broad SMARTS) is 1. The van der Waals surface area contributed by atoms with Crippen molar-refractivity contribution < 1.29 is 14.6 Å². The van der Waals surface area contributed by atoms with Gasteiger partial charge in [0.15, 0.2) is 0 Å². The number of imidazole rings is 1. The van der Waals surface area contributed by atoms with Crippen LogP contribution in [-0.4, -0.2) is 38.9 Å². The van der Waals surface area contributed by atoms with Crippen molar-refractivity contribution in [2.24, 2.45) is 0 Å². The van der Waals surface area contributed by atoms with Gasteiger partial charge in [0.05, 0.1) is 17.2 Å². The number of aryl methyl sites for hydroxylation is 1. The molecule has 1 amide bonds. The Bertz CT molecular complexity index is 860. The van der Waals surface area contributed by atoms with Gasteiger partial charge in [-0.05, 0) is 19.4 Å².